The van der Waals surface area contributed by atoms with Crippen molar-refractivity contribution in [1.82, 2.24) is 0 Å². The van der Waals surface area contributed by atoms with Crippen LogP contribution in [0.2, 0.25) is 0 Å². The van der Waals surface area contributed by atoms with Gasteiger partial charge in [-0.05, 0) is 35.9 Å². The lowest BCUT2D eigenvalue weighted by molar-refractivity contribution is 0.214. The minimum atomic E-state index is 0.531. The standard InChI is InChI=1S/C21H26N2O4/c1-23(2)17-10-7-15(8-11-17)9-12-18(22-27-6)16-13-19(24-3)21(26-5)20(14-16)25-4/h7-14H,1-6H3/b12-9+,22-18-. The fourth-order valence-corrected chi connectivity index (χ4v) is 2.57. The summed E-state index contributed by atoms with van der Waals surface area (Å²) in [6.45, 7) is 0. The zero-order chi connectivity index (χ0) is 19.8. The lowest BCUT2D eigenvalue weighted by atomic mass is 10.1. The Morgan fingerprint density at radius 2 is 1.48 bits per heavy atom. The van der Waals surface area contributed by atoms with Crippen molar-refractivity contribution in [2.24, 2.45) is 5.16 Å². The first-order chi connectivity index (χ1) is 13.0. The van der Waals surface area contributed by atoms with Gasteiger partial charge in [0.2, 0.25) is 5.75 Å². The minimum Gasteiger partial charge on any atom is -0.493 e. The number of hydrogen-bond donors (Lipinski definition) is 0. The zero-order valence-corrected chi connectivity index (χ0v) is 16.6. The molecule has 0 aromatic heterocycles. The summed E-state index contributed by atoms with van der Waals surface area (Å²) in [7, 11) is 10.3. The second-order valence-electron chi connectivity index (χ2n) is 5.89. The van der Waals surface area contributed by atoms with E-state index in [-0.39, 0.29) is 0 Å². The highest BCUT2D eigenvalue weighted by Crippen LogP contribution is 2.38. The molecule has 0 amide bonds. The Balaban J connectivity index is 2.38. The quantitative estimate of drug-likeness (QED) is 0.522. The van der Waals surface area contributed by atoms with E-state index >= 15 is 0 Å². The molecule has 0 aliphatic heterocycles. The fraction of sp³-hybridized carbons (Fsp3) is 0.286. The fourth-order valence-electron chi connectivity index (χ4n) is 2.57. The summed E-state index contributed by atoms with van der Waals surface area (Å²) in [4.78, 5) is 7.07. The van der Waals surface area contributed by atoms with Crippen LogP contribution >= 0.6 is 0 Å². The summed E-state index contributed by atoms with van der Waals surface area (Å²) >= 11 is 0. The first-order valence-electron chi connectivity index (χ1n) is 8.41. The Morgan fingerprint density at radius 1 is 0.889 bits per heavy atom. The summed E-state index contributed by atoms with van der Waals surface area (Å²) in [6, 6.07) is 11.9. The number of oxime groups is 1. The number of hydrogen-bond acceptors (Lipinski definition) is 6. The van der Waals surface area contributed by atoms with Gasteiger partial charge in [0.15, 0.2) is 11.5 Å². The molecule has 0 spiro atoms. The highest BCUT2D eigenvalue weighted by molar-refractivity contribution is 6.11. The number of benzene rings is 2. The Labute approximate surface area is 160 Å². The average Bonchev–Trinajstić information content (AvgIpc) is 2.70. The van der Waals surface area contributed by atoms with Gasteiger partial charge < -0.3 is 23.9 Å². The predicted octanol–water partition coefficient (Wildman–Crippen LogP) is 3.84. The second kappa shape index (κ2) is 9.52. The van der Waals surface area contributed by atoms with Crippen molar-refractivity contribution in [3.63, 3.8) is 0 Å². The maximum atomic E-state index is 5.42. The highest BCUT2D eigenvalue weighted by atomic mass is 16.6. The molecule has 0 aliphatic carbocycles. The van der Waals surface area contributed by atoms with E-state index in [1.54, 1.807) is 21.3 Å². The molecular formula is C21H26N2O4. The van der Waals surface area contributed by atoms with E-state index in [9.17, 15) is 0 Å². The average molecular weight is 370 g/mol. The number of ether oxygens (including phenoxy) is 3. The summed E-state index contributed by atoms with van der Waals surface area (Å²) in [6.07, 6.45) is 3.86. The van der Waals surface area contributed by atoms with Gasteiger partial charge in [-0.25, -0.2) is 0 Å². The van der Waals surface area contributed by atoms with Crippen LogP contribution in [0.1, 0.15) is 11.1 Å². The zero-order valence-electron chi connectivity index (χ0n) is 16.6. The Morgan fingerprint density at radius 3 is 1.93 bits per heavy atom. The lowest BCUT2D eigenvalue weighted by Crippen LogP contribution is -2.07. The van der Waals surface area contributed by atoms with E-state index in [2.05, 4.69) is 22.2 Å². The van der Waals surface area contributed by atoms with Gasteiger partial charge in [0, 0.05) is 25.3 Å². The van der Waals surface area contributed by atoms with Crippen LogP contribution in [0, 0.1) is 0 Å². The molecule has 27 heavy (non-hydrogen) atoms. The molecule has 144 valence electrons. The maximum Gasteiger partial charge on any atom is 0.203 e. The molecule has 2 aromatic carbocycles. The molecule has 0 aliphatic rings. The SMILES string of the molecule is CO/N=C(/C=C/c1ccc(N(C)C)cc1)c1cc(OC)c(OC)c(OC)c1. The van der Waals surface area contributed by atoms with Crippen LogP contribution in [0.5, 0.6) is 17.2 Å². The van der Waals surface area contributed by atoms with E-state index in [4.69, 9.17) is 19.0 Å². The molecule has 0 saturated heterocycles. The Bertz CT molecular complexity index is 786. The Kier molecular flexibility index (Phi) is 7.11. The van der Waals surface area contributed by atoms with Gasteiger partial charge in [-0.15, -0.1) is 0 Å². The van der Waals surface area contributed by atoms with E-state index in [1.807, 2.05) is 50.5 Å². The predicted molar refractivity (Wildman–Crippen MR) is 109 cm³/mol. The van der Waals surface area contributed by atoms with Crippen molar-refractivity contribution < 1.29 is 19.0 Å². The van der Waals surface area contributed by atoms with Crippen LogP contribution < -0.4 is 19.1 Å². The van der Waals surface area contributed by atoms with Crippen molar-refractivity contribution in [3.05, 3.63) is 53.6 Å². The summed E-state index contributed by atoms with van der Waals surface area (Å²) < 4.78 is 16.2. The van der Waals surface area contributed by atoms with E-state index in [0.29, 0.717) is 23.0 Å². The van der Waals surface area contributed by atoms with Crippen molar-refractivity contribution in [2.45, 2.75) is 0 Å². The van der Waals surface area contributed by atoms with Gasteiger partial charge >= 0.3 is 0 Å². The molecule has 6 heteroatoms. The molecule has 2 aromatic rings. The molecule has 0 heterocycles. The normalized spacial score (nSPS) is 11.4. The molecule has 0 fully saturated rings. The molecule has 0 N–H and O–H groups in total. The van der Waals surface area contributed by atoms with Gasteiger partial charge in [-0.1, -0.05) is 23.4 Å². The highest BCUT2D eigenvalue weighted by Gasteiger charge is 2.15. The molecule has 0 bridgehead atoms. The molecule has 0 radical (unpaired) electrons. The van der Waals surface area contributed by atoms with Crippen molar-refractivity contribution in [3.8, 4) is 17.2 Å². The molecule has 2 rings (SSSR count). The van der Waals surface area contributed by atoms with Gasteiger partial charge in [0.1, 0.15) is 12.8 Å². The van der Waals surface area contributed by atoms with Crippen molar-refractivity contribution in [1.29, 1.82) is 0 Å². The van der Waals surface area contributed by atoms with Crippen LogP contribution in [0.15, 0.2) is 47.6 Å². The summed E-state index contributed by atoms with van der Waals surface area (Å²) in [5.41, 5.74) is 3.61. The van der Waals surface area contributed by atoms with Crippen molar-refractivity contribution in [2.75, 3.05) is 47.4 Å². The number of methoxy groups -OCH3 is 3. The van der Waals surface area contributed by atoms with E-state index < -0.39 is 0 Å². The van der Waals surface area contributed by atoms with Crippen LogP contribution in [0.3, 0.4) is 0 Å². The monoisotopic (exact) mass is 370 g/mol. The first kappa shape index (κ1) is 20.2. The summed E-state index contributed by atoms with van der Waals surface area (Å²) in [5, 5.41) is 4.13. The molecule has 6 nitrogen and oxygen atoms in total. The number of anilines is 1. The minimum absolute atomic E-state index is 0.531. The maximum absolute atomic E-state index is 5.42. The van der Waals surface area contributed by atoms with Gasteiger partial charge in [0.25, 0.3) is 0 Å². The van der Waals surface area contributed by atoms with Crippen LogP contribution in [-0.2, 0) is 4.84 Å². The van der Waals surface area contributed by atoms with Gasteiger partial charge in [-0.2, -0.15) is 0 Å². The number of rotatable bonds is 8. The third kappa shape index (κ3) is 4.94. The van der Waals surface area contributed by atoms with Gasteiger partial charge in [0.05, 0.1) is 21.3 Å². The van der Waals surface area contributed by atoms with Crippen molar-refractivity contribution >= 4 is 17.5 Å². The number of nitrogens with zero attached hydrogens (tertiary/aromatic N) is 2. The van der Waals surface area contributed by atoms with Crippen LogP contribution in [-0.4, -0.2) is 48.2 Å². The largest absolute Gasteiger partial charge is 0.493 e. The van der Waals surface area contributed by atoms with E-state index in [1.165, 1.54) is 7.11 Å². The number of allylic oxidation sites excluding steroid dienone is 1. The molecule has 0 saturated carbocycles. The smallest absolute Gasteiger partial charge is 0.203 e. The molecular weight excluding hydrogens is 344 g/mol. The van der Waals surface area contributed by atoms with E-state index in [0.717, 1.165) is 16.8 Å². The molecule has 0 unspecified atom stereocenters. The van der Waals surface area contributed by atoms with Gasteiger partial charge in [-0.3, -0.25) is 0 Å². The third-order valence-corrected chi connectivity index (χ3v) is 3.99. The topological polar surface area (TPSA) is 52.5 Å². The summed E-state index contributed by atoms with van der Waals surface area (Å²) in [5.74, 6) is 1.64. The Hall–Kier alpha value is -3.15. The third-order valence-electron chi connectivity index (χ3n) is 3.99. The van der Waals surface area contributed by atoms with Crippen LogP contribution in [0.25, 0.3) is 6.08 Å². The lowest BCUT2D eigenvalue weighted by Gasteiger charge is -2.14. The van der Waals surface area contributed by atoms with Crippen LogP contribution in [0.4, 0.5) is 5.69 Å². The molecule has 0 atom stereocenters. The second-order valence-corrected chi connectivity index (χ2v) is 5.89. The first-order valence-corrected chi connectivity index (χ1v) is 8.41.